The van der Waals surface area contributed by atoms with Crippen LogP contribution in [0.25, 0.3) is 10.9 Å². The predicted molar refractivity (Wildman–Crippen MR) is 96.0 cm³/mol. The fourth-order valence-corrected chi connectivity index (χ4v) is 4.62. The van der Waals surface area contributed by atoms with Crippen molar-refractivity contribution in [1.29, 1.82) is 0 Å². The minimum atomic E-state index is -3.80. The number of fused-ring (bicyclic) bond motifs is 1. The van der Waals surface area contributed by atoms with Crippen molar-refractivity contribution in [2.75, 3.05) is 4.72 Å². The second-order valence-corrected chi connectivity index (χ2v) is 7.69. The van der Waals surface area contributed by atoms with E-state index in [0.29, 0.717) is 11.4 Å². The van der Waals surface area contributed by atoms with Gasteiger partial charge in [0.25, 0.3) is 10.0 Å². The Morgan fingerprint density at radius 2 is 2.04 bits per heavy atom. The van der Waals surface area contributed by atoms with E-state index in [-0.39, 0.29) is 10.0 Å². The molecule has 0 amide bonds. The number of halogens is 1. The van der Waals surface area contributed by atoms with Crippen LogP contribution in [0.5, 0.6) is 0 Å². The van der Waals surface area contributed by atoms with E-state index in [4.69, 9.17) is 11.6 Å². The van der Waals surface area contributed by atoms with E-state index >= 15 is 0 Å². The first-order chi connectivity index (χ1) is 11.3. The fraction of sp³-hybridized carbons (Fsp3) is 0.312. The van der Waals surface area contributed by atoms with Gasteiger partial charge in [0.1, 0.15) is 10.0 Å². The van der Waals surface area contributed by atoms with E-state index in [1.807, 2.05) is 24.4 Å². The minimum absolute atomic E-state index is 0.00955. The third-order valence-electron chi connectivity index (χ3n) is 3.86. The predicted octanol–water partition coefficient (Wildman–Crippen LogP) is 3.55. The lowest BCUT2D eigenvalue weighted by atomic mass is 10.2. The van der Waals surface area contributed by atoms with Gasteiger partial charge in [-0.25, -0.2) is 8.42 Å². The van der Waals surface area contributed by atoms with Crippen LogP contribution in [-0.2, 0) is 23.6 Å². The SMILES string of the molecule is CCCn1ccc2cc(NS(=O)(=O)c3c(C)nn(C)c3Cl)ccc21. The van der Waals surface area contributed by atoms with E-state index in [2.05, 4.69) is 21.3 Å². The lowest BCUT2D eigenvalue weighted by Crippen LogP contribution is -2.14. The molecule has 6 nitrogen and oxygen atoms in total. The molecule has 3 aromatic rings. The van der Waals surface area contributed by atoms with Crippen LogP contribution < -0.4 is 4.72 Å². The third-order valence-corrected chi connectivity index (χ3v) is 5.93. The van der Waals surface area contributed by atoms with Crippen LogP contribution in [0, 0.1) is 6.92 Å². The zero-order chi connectivity index (χ0) is 17.5. The topological polar surface area (TPSA) is 68.9 Å². The van der Waals surface area contributed by atoms with Crippen LogP contribution in [0.15, 0.2) is 35.4 Å². The van der Waals surface area contributed by atoms with Crippen molar-refractivity contribution in [2.24, 2.45) is 7.05 Å². The molecule has 2 aromatic heterocycles. The molecule has 0 spiro atoms. The van der Waals surface area contributed by atoms with E-state index in [9.17, 15) is 8.42 Å². The Labute approximate surface area is 146 Å². The van der Waals surface area contributed by atoms with Crippen molar-refractivity contribution < 1.29 is 8.42 Å². The first kappa shape index (κ1) is 16.9. The summed E-state index contributed by atoms with van der Waals surface area (Å²) in [5.74, 6) is 0. The third kappa shape index (κ3) is 2.89. The summed E-state index contributed by atoms with van der Waals surface area (Å²) in [6.07, 6.45) is 3.05. The lowest BCUT2D eigenvalue weighted by Gasteiger charge is -2.09. The molecule has 24 heavy (non-hydrogen) atoms. The maximum absolute atomic E-state index is 12.6. The van der Waals surface area contributed by atoms with Gasteiger partial charge in [0.2, 0.25) is 0 Å². The average Bonchev–Trinajstić information content (AvgIpc) is 3.00. The zero-order valence-electron chi connectivity index (χ0n) is 13.7. The first-order valence-corrected chi connectivity index (χ1v) is 9.50. The van der Waals surface area contributed by atoms with Gasteiger partial charge in [0.15, 0.2) is 0 Å². The summed E-state index contributed by atoms with van der Waals surface area (Å²) in [5.41, 5.74) is 1.94. The van der Waals surface area contributed by atoms with Gasteiger partial charge in [-0.2, -0.15) is 5.10 Å². The molecule has 3 rings (SSSR count). The number of aryl methyl sites for hydroxylation is 3. The number of hydrogen-bond acceptors (Lipinski definition) is 3. The van der Waals surface area contributed by atoms with Gasteiger partial charge in [0.05, 0.1) is 5.69 Å². The highest BCUT2D eigenvalue weighted by Gasteiger charge is 2.25. The summed E-state index contributed by atoms with van der Waals surface area (Å²) in [5, 5.41) is 5.13. The van der Waals surface area contributed by atoms with Crippen LogP contribution in [0.4, 0.5) is 5.69 Å². The number of anilines is 1. The van der Waals surface area contributed by atoms with Gasteiger partial charge < -0.3 is 4.57 Å². The van der Waals surface area contributed by atoms with Gasteiger partial charge in [-0.15, -0.1) is 0 Å². The highest BCUT2D eigenvalue weighted by molar-refractivity contribution is 7.92. The maximum Gasteiger partial charge on any atom is 0.266 e. The molecule has 2 heterocycles. The number of sulfonamides is 1. The monoisotopic (exact) mass is 366 g/mol. The molecule has 0 atom stereocenters. The number of nitrogens with zero attached hydrogens (tertiary/aromatic N) is 3. The summed E-state index contributed by atoms with van der Waals surface area (Å²) in [7, 11) is -2.19. The van der Waals surface area contributed by atoms with Gasteiger partial charge in [-0.3, -0.25) is 9.40 Å². The smallest absolute Gasteiger partial charge is 0.266 e. The zero-order valence-corrected chi connectivity index (χ0v) is 15.3. The van der Waals surface area contributed by atoms with Crippen molar-refractivity contribution in [3.8, 4) is 0 Å². The number of rotatable bonds is 5. The average molecular weight is 367 g/mol. The van der Waals surface area contributed by atoms with Crippen LogP contribution in [0.3, 0.4) is 0 Å². The van der Waals surface area contributed by atoms with Gasteiger partial charge in [0, 0.05) is 36.4 Å². The second kappa shape index (κ2) is 6.14. The van der Waals surface area contributed by atoms with Gasteiger partial charge in [-0.05, 0) is 37.6 Å². The minimum Gasteiger partial charge on any atom is -0.347 e. The molecule has 0 aliphatic rings. The normalized spacial score (nSPS) is 12.0. The number of hydrogen-bond donors (Lipinski definition) is 1. The molecule has 0 aliphatic carbocycles. The van der Waals surface area contributed by atoms with Crippen molar-refractivity contribution in [2.45, 2.75) is 31.7 Å². The summed E-state index contributed by atoms with van der Waals surface area (Å²) >= 11 is 6.08. The summed E-state index contributed by atoms with van der Waals surface area (Å²) < 4.78 is 31.4. The van der Waals surface area contributed by atoms with Crippen molar-refractivity contribution in [3.63, 3.8) is 0 Å². The van der Waals surface area contributed by atoms with E-state index in [0.717, 1.165) is 23.9 Å². The molecule has 0 aliphatic heterocycles. The Morgan fingerprint density at radius 3 is 2.67 bits per heavy atom. The Hall–Kier alpha value is -1.99. The molecule has 0 radical (unpaired) electrons. The molecule has 1 N–H and O–H groups in total. The largest absolute Gasteiger partial charge is 0.347 e. The molecular formula is C16H19ClN4O2S. The van der Waals surface area contributed by atoms with E-state index in [1.54, 1.807) is 20.0 Å². The van der Waals surface area contributed by atoms with Gasteiger partial charge >= 0.3 is 0 Å². The van der Waals surface area contributed by atoms with E-state index in [1.165, 1.54) is 4.68 Å². The molecule has 128 valence electrons. The second-order valence-electron chi connectivity index (χ2n) is 5.72. The molecule has 0 saturated carbocycles. The molecule has 0 unspecified atom stereocenters. The first-order valence-electron chi connectivity index (χ1n) is 7.64. The standard InChI is InChI=1S/C16H19ClN4O2S/c1-4-8-21-9-7-12-10-13(5-6-14(12)21)19-24(22,23)15-11(2)18-20(3)16(15)17/h5-7,9-10,19H,4,8H2,1-3H3. The lowest BCUT2D eigenvalue weighted by molar-refractivity contribution is 0.600. The number of nitrogens with one attached hydrogen (secondary N) is 1. The van der Waals surface area contributed by atoms with Crippen LogP contribution >= 0.6 is 11.6 Å². The van der Waals surface area contributed by atoms with Crippen LogP contribution in [-0.4, -0.2) is 22.8 Å². The molecule has 1 aromatic carbocycles. The van der Waals surface area contributed by atoms with Crippen molar-refractivity contribution >= 4 is 38.2 Å². The van der Waals surface area contributed by atoms with Crippen LogP contribution in [0.1, 0.15) is 19.0 Å². The van der Waals surface area contributed by atoms with Crippen molar-refractivity contribution in [1.82, 2.24) is 14.3 Å². The number of benzene rings is 1. The summed E-state index contributed by atoms with van der Waals surface area (Å²) in [4.78, 5) is 0.00955. The molecule has 0 bridgehead atoms. The quantitative estimate of drug-likeness (QED) is 0.750. The Balaban J connectivity index is 1.97. The molecule has 0 fully saturated rings. The van der Waals surface area contributed by atoms with Gasteiger partial charge in [-0.1, -0.05) is 18.5 Å². The van der Waals surface area contributed by atoms with Crippen LogP contribution in [0.2, 0.25) is 5.15 Å². The highest BCUT2D eigenvalue weighted by atomic mass is 35.5. The summed E-state index contributed by atoms with van der Waals surface area (Å²) in [6.45, 7) is 4.67. The van der Waals surface area contributed by atoms with Crippen molar-refractivity contribution in [3.05, 3.63) is 41.3 Å². The molecule has 8 heteroatoms. The maximum atomic E-state index is 12.6. The molecular weight excluding hydrogens is 348 g/mol. The number of aromatic nitrogens is 3. The van der Waals surface area contributed by atoms with E-state index < -0.39 is 10.0 Å². The Morgan fingerprint density at radius 1 is 1.29 bits per heavy atom. The highest BCUT2D eigenvalue weighted by Crippen LogP contribution is 2.28. The molecule has 0 saturated heterocycles. The Kier molecular flexibility index (Phi) is 4.31. The fourth-order valence-electron chi connectivity index (χ4n) is 2.82. The summed E-state index contributed by atoms with van der Waals surface area (Å²) in [6, 6.07) is 7.47. The Bertz CT molecular complexity index is 1000.